The van der Waals surface area contributed by atoms with Crippen molar-refractivity contribution in [3.05, 3.63) is 29.8 Å². The monoisotopic (exact) mass is 321 g/mol. The number of benzene rings is 1. The number of methoxy groups -OCH3 is 2. The molecule has 0 fully saturated rings. The first-order valence-corrected chi connectivity index (χ1v) is 7.12. The molecule has 1 aromatic rings. The lowest BCUT2D eigenvalue weighted by Gasteiger charge is -2.22. The summed E-state index contributed by atoms with van der Waals surface area (Å²) in [5.41, 5.74) is -0.872. The molecule has 1 aliphatic rings. The second-order valence-corrected chi connectivity index (χ2v) is 5.03. The summed E-state index contributed by atoms with van der Waals surface area (Å²) in [6, 6.07) is 6.91. The molecule has 124 valence electrons. The van der Waals surface area contributed by atoms with Gasteiger partial charge in [-0.2, -0.15) is 0 Å². The van der Waals surface area contributed by atoms with Crippen LogP contribution in [0.1, 0.15) is 19.4 Å². The van der Waals surface area contributed by atoms with Crippen LogP contribution >= 0.6 is 0 Å². The summed E-state index contributed by atoms with van der Waals surface area (Å²) in [4.78, 5) is 28.5. The number of hydrogen-bond donors (Lipinski definition) is 0. The first-order chi connectivity index (χ1) is 11.0. The zero-order valence-electron chi connectivity index (χ0n) is 13.5. The maximum atomic E-state index is 12.1. The van der Waals surface area contributed by atoms with Gasteiger partial charge >= 0.3 is 11.9 Å². The van der Waals surface area contributed by atoms with E-state index in [9.17, 15) is 9.59 Å². The summed E-state index contributed by atoms with van der Waals surface area (Å²) in [5, 5.41) is 0. The van der Waals surface area contributed by atoms with Gasteiger partial charge in [-0.3, -0.25) is 0 Å². The smallest absolute Gasteiger partial charge is 0.350 e. The maximum Gasteiger partial charge on any atom is 0.350 e. The van der Waals surface area contributed by atoms with Crippen molar-refractivity contribution in [3.8, 4) is 5.75 Å². The van der Waals surface area contributed by atoms with E-state index in [0.717, 1.165) is 0 Å². The van der Waals surface area contributed by atoms with Crippen molar-refractivity contribution >= 4 is 17.8 Å². The summed E-state index contributed by atoms with van der Waals surface area (Å²) in [6.07, 6.45) is -1.19. The molecule has 2 atom stereocenters. The number of ether oxygens (including phenoxy) is 4. The Bertz CT molecular complexity index is 624. The molecule has 0 saturated carbocycles. The minimum atomic E-state index is -1.49. The van der Waals surface area contributed by atoms with Crippen molar-refractivity contribution in [1.82, 2.24) is 0 Å². The Morgan fingerprint density at radius 3 is 2.43 bits per heavy atom. The molecule has 0 aliphatic carbocycles. The summed E-state index contributed by atoms with van der Waals surface area (Å²) < 4.78 is 20.4. The Morgan fingerprint density at radius 2 is 1.91 bits per heavy atom. The van der Waals surface area contributed by atoms with Gasteiger partial charge in [-0.05, 0) is 38.1 Å². The number of hydrogen-bond acceptors (Lipinski definition) is 7. The zero-order valence-corrected chi connectivity index (χ0v) is 13.5. The predicted octanol–water partition coefficient (Wildman–Crippen LogP) is 1.34. The fraction of sp³-hybridized carbons (Fsp3) is 0.438. The van der Waals surface area contributed by atoms with Crippen LogP contribution in [0.4, 0.5) is 0 Å². The fourth-order valence-corrected chi connectivity index (χ4v) is 2.24. The second-order valence-electron chi connectivity index (χ2n) is 5.03. The topological polar surface area (TPSA) is 83.4 Å². The third-order valence-electron chi connectivity index (χ3n) is 3.51. The minimum absolute atomic E-state index is 0.174. The first kappa shape index (κ1) is 16.8. The van der Waals surface area contributed by atoms with E-state index in [-0.39, 0.29) is 12.5 Å². The zero-order chi connectivity index (χ0) is 17.0. The van der Waals surface area contributed by atoms with E-state index in [2.05, 4.69) is 4.99 Å². The van der Waals surface area contributed by atoms with E-state index >= 15 is 0 Å². The molecule has 1 aromatic carbocycles. The molecule has 1 aliphatic heterocycles. The third-order valence-corrected chi connectivity index (χ3v) is 3.51. The largest absolute Gasteiger partial charge is 0.497 e. The maximum absolute atomic E-state index is 12.1. The van der Waals surface area contributed by atoms with Gasteiger partial charge in [0.1, 0.15) is 5.75 Å². The van der Waals surface area contributed by atoms with Crippen molar-refractivity contribution in [2.75, 3.05) is 20.8 Å². The van der Waals surface area contributed by atoms with Crippen LogP contribution in [0.3, 0.4) is 0 Å². The van der Waals surface area contributed by atoms with Gasteiger partial charge in [0.25, 0.3) is 0 Å². The van der Waals surface area contributed by atoms with Gasteiger partial charge in [-0.25, -0.2) is 14.6 Å². The van der Waals surface area contributed by atoms with E-state index < -0.39 is 23.6 Å². The lowest BCUT2D eigenvalue weighted by molar-refractivity contribution is -0.162. The SMILES string of the molecule is CCOC(=O)[C@H]1OC(c2ccc(OC)cc2)=N[C@@]1(C)C(=O)OC. The normalized spacial score (nSPS) is 22.8. The molecule has 0 spiro atoms. The molecular weight excluding hydrogens is 302 g/mol. The molecule has 1 heterocycles. The lowest BCUT2D eigenvalue weighted by Crippen LogP contribution is -2.48. The van der Waals surface area contributed by atoms with E-state index in [1.165, 1.54) is 14.0 Å². The highest BCUT2D eigenvalue weighted by atomic mass is 16.6. The highest BCUT2D eigenvalue weighted by Gasteiger charge is 2.54. The predicted molar refractivity (Wildman–Crippen MR) is 81.5 cm³/mol. The Balaban J connectivity index is 2.36. The Hall–Kier alpha value is -2.57. The Kier molecular flexibility index (Phi) is 4.88. The quantitative estimate of drug-likeness (QED) is 0.761. The number of esters is 2. The summed E-state index contributed by atoms with van der Waals surface area (Å²) in [6.45, 7) is 3.33. The average Bonchev–Trinajstić information content (AvgIpc) is 2.93. The van der Waals surface area contributed by atoms with Gasteiger partial charge in [0.15, 0.2) is 0 Å². The number of carbonyl (C=O) groups excluding carboxylic acids is 2. The fourth-order valence-electron chi connectivity index (χ4n) is 2.24. The molecule has 0 saturated heterocycles. The van der Waals surface area contributed by atoms with E-state index in [0.29, 0.717) is 11.3 Å². The van der Waals surface area contributed by atoms with Crippen molar-refractivity contribution in [3.63, 3.8) is 0 Å². The van der Waals surface area contributed by atoms with Crippen LogP contribution in [0, 0.1) is 0 Å². The average molecular weight is 321 g/mol. The Labute approximate surface area is 134 Å². The van der Waals surface area contributed by atoms with E-state index in [1.54, 1.807) is 38.3 Å². The highest BCUT2D eigenvalue weighted by Crippen LogP contribution is 2.30. The third kappa shape index (κ3) is 3.13. The van der Waals surface area contributed by atoms with Gasteiger partial charge in [0.05, 0.1) is 20.8 Å². The van der Waals surface area contributed by atoms with Gasteiger partial charge < -0.3 is 18.9 Å². The number of carbonyl (C=O) groups is 2. The van der Waals surface area contributed by atoms with Crippen molar-refractivity contribution < 1.29 is 28.5 Å². The second kappa shape index (κ2) is 6.68. The van der Waals surface area contributed by atoms with Crippen LogP contribution in [0.25, 0.3) is 0 Å². The van der Waals surface area contributed by atoms with Gasteiger partial charge in [0, 0.05) is 5.56 Å². The summed E-state index contributed by atoms with van der Waals surface area (Å²) >= 11 is 0. The van der Waals surface area contributed by atoms with Gasteiger partial charge in [-0.15, -0.1) is 0 Å². The van der Waals surface area contributed by atoms with E-state index in [4.69, 9.17) is 18.9 Å². The highest BCUT2D eigenvalue weighted by molar-refractivity contribution is 6.03. The molecular formula is C16H19NO6. The molecule has 0 amide bonds. The molecule has 0 aromatic heterocycles. The molecule has 7 heteroatoms. The number of aliphatic imine (C=N–C) groups is 1. The molecule has 7 nitrogen and oxygen atoms in total. The molecule has 0 N–H and O–H groups in total. The number of rotatable bonds is 5. The molecule has 2 rings (SSSR count). The lowest BCUT2D eigenvalue weighted by atomic mass is 9.96. The summed E-state index contributed by atoms with van der Waals surface area (Å²) in [7, 11) is 2.79. The van der Waals surface area contributed by atoms with Crippen molar-refractivity contribution in [1.29, 1.82) is 0 Å². The van der Waals surface area contributed by atoms with Crippen LogP contribution < -0.4 is 4.74 Å². The summed E-state index contributed by atoms with van der Waals surface area (Å²) in [5.74, 6) is -0.477. The van der Waals surface area contributed by atoms with Gasteiger partial charge in [-0.1, -0.05) is 0 Å². The first-order valence-electron chi connectivity index (χ1n) is 7.12. The van der Waals surface area contributed by atoms with Crippen LogP contribution in [-0.2, 0) is 23.8 Å². The van der Waals surface area contributed by atoms with Crippen LogP contribution in [0.5, 0.6) is 5.75 Å². The van der Waals surface area contributed by atoms with Crippen LogP contribution in [0.2, 0.25) is 0 Å². The molecule has 0 unspecified atom stereocenters. The Morgan fingerprint density at radius 1 is 1.26 bits per heavy atom. The van der Waals surface area contributed by atoms with Crippen molar-refractivity contribution in [2.24, 2.45) is 4.99 Å². The molecule has 23 heavy (non-hydrogen) atoms. The van der Waals surface area contributed by atoms with Crippen LogP contribution in [0.15, 0.2) is 29.3 Å². The standard InChI is InChI=1S/C16H19NO6/c1-5-22-14(18)12-16(2,15(19)21-4)17-13(23-12)10-6-8-11(20-3)9-7-10/h6-9,12H,5H2,1-4H3/t12-,16-/m1/s1. The van der Waals surface area contributed by atoms with E-state index in [1.807, 2.05) is 0 Å². The van der Waals surface area contributed by atoms with Gasteiger partial charge in [0.2, 0.25) is 17.5 Å². The molecule has 0 radical (unpaired) electrons. The number of nitrogens with zero attached hydrogens (tertiary/aromatic N) is 1. The molecule has 0 bridgehead atoms. The van der Waals surface area contributed by atoms with Crippen molar-refractivity contribution in [2.45, 2.75) is 25.5 Å². The minimum Gasteiger partial charge on any atom is -0.497 e. The van der Waals surface area contributed by atoms with Crippen LogP contribution in [-0.4, -0.2) is 50.3 Å².